The number of aromatic hydroxyl groups is 1. The van der Waals surface area contributed by atoms with Gasteiger partial charge in [-0.1, -0.05) is 0 Å². The fourth-order valence-corrected chi connectivity index (χ4v) is 3.59. The van der Waals surface area contributed by atoms with E-state index in [2.05, 4.69) is 31.8 Å². The van der Waals surface area contributed by atoms with Crippen LogP contribution in [0, 0.1) is 6.92 Å². The van der Waals surface area contributed by atoms with Crippen LogP contribution in [0.25, 0.3) is 22.7 Å². The molecule has 1 fully saturated rings. The van der Waals surface area contributed by atoms with Crippen molar-refractivity contribution in [2.45, 2.75) is 13.1 Å². The third-order valence-corrected chi connectivity index (χ3v) is 5.26. The minimum Gasteiger partial charge on any atom is -0.507 e. The molecule has 29 heavy (non-hydrogen) atoms. The maximum Gasteiger partial charge on any atom is 0.416 e. The van der Waals surface area contributed by atoms with E-state index in [0.29, 0.717) is 22.9 Å². The Hall–Kier alpha value is -2.88. The van der Waals surface area contributed by atoms with Gasteiger partial charge in [0.05, 0.1) is 17.3 Å². The van der Waals surface area contributed by atoms with Gasteiger partial charge in [0.15, 0.2) is 11.3 Å². The van der Waals surface area contributed by atoms with Gasteiger partial charge in [0.25, 0.3) is 0 Å². The van der Waals surface area contributed by atoms with Gasteiger partial charge in [0, 0.05) is 33.2 Å². The molecule has 1 aromatic carbocycles. The van der Waals surface area contributed by atoms with E-state index in [4.69, 9.17) is 0 Å². The van der Waals surface area contributed by atoms with Crippen LogP contribution < -0.4 is 4.90 Å². The molecule has 10 heteroatoms. The van der Waals surface area contributed by atoms with Gasteiger partial charge in [-0.2, -0.15) is 13.2 Å². The minimum atomic E-state index is -4.53. The molecule has 0 atom stereocenters. The first-order valence-electron chi connectivity index (χ1n) is 9.19. The molecular formula is C19H21F3N6O. The molecule has 0 spiro atoms. The van der Waals surface area contributed by atoms with Crippen molar-refractivity contribution in [1.29, 1.82) is 0 Å². The largest absolute Gasteiger partial charge is 0.507 e. The van der Waals surface area contributed by atoms with Crippen molar-refractivity contribution < 1.29 is 18.3 Å². The molecule has 7 nitrogen and oxygen atoms in total. The van der Waals surface area contributed by atoms with Gasteiger partial charge in [0.2, 0.25) is 0 Å². The van der Waals surface area contributed by atoms with Crippen LogP contribution >= 0.6 is 0 Å². The lowest BCUT2D eigenvalue weighted by Gasteiger charge is -2.32. The monoisotopic (exact) mass is 406 g/mol. The van der Waals surface area contributed by atoms with Crippen LogP contribution in [-0.4, -0.2) is 62.8 Å². The van der Waals surface area contributed by atoms with E-state index in [1.807, 2.05) is 0 Å². The average Bonchev–Trinajstić information content (AvgIpc) is 2.97. The highest BCUT2D eigenvalue weighted by molar-refractivity contribution is 5.79. The number of piperazine rings is 1. The zero-order chi connectivity index (χ0) is 20.9. The first-order valence-corrected chi connectivity index (χ1v) is 9.19. The number of fused-ring (bicyclic) bond motifs is 1. The van der Waals surface area contributed by atoms with Crippen LogP contribution in [0.15, 0.2) is 18.3 Å². The number of alkyl halides is 3. The molecule has 0 bridgehead atoms. The van der Waals surface area contributed by atoms with Gasteiger partial charge in [-0.25, -0.2) is 15.0 Å². The molecule has 1 saturated heterocycles. The highest BCUT2D eigenvalue weighted by Crippen LogP contribution is 2.39. The zero-order valence-electron chi connectivity index (χ0n) is 16.3. The third kappa shape index (κ3) is 3.48. The molecule has 0 aliphatic carbocycles. The van der Waals surface area contributed by atoms with E-state index < -0.39 is 17.5 Å². The van der Waals surface area contributed by atoms with Crippen LogP contribution in [0.1, 0.15) is 11.1 Å². The molecule has 4 rings (SSSR count). The molecule has 0 radical (unpaired) electrons. The molecule has 3 aromatic rings. The molecule has 0 saturated carbocycles. The molecule has 0 amide bonds. The summed E-state index contributed by atoms with van der Waals surface area (Å²) in [6.07, 6.45) is -2.85. The Morgan fingerprint density at radius 1 is 1.03 bits per heavy atom. The van der Waals surface area contributed by atoms with Gasteiger partial charge in [-0.15, -0.1) is 0 Å². The quantitative estimate of drug-likeness (QED) is 0.706. The van der Waals surface area contributed by atoms with E-state index in [0.717, 1.165) is 38.3 Å². The van der Waals surface area contributed by atoms with E-state index in [9.17, 15) is 18.3 Å². The number of nitrogens with zero attached hydrogens (tertiary/aromatic N) is 6. The van der Waals surface area contributed by atoms with E-state index in [1.165, 1.54) is 6.92 Å². The summed E-state index contributed by atoms with van der Waals surface area (Å²) in [4.78, 5) is 17.9. The smallest absolute Gasteiger partial charge is 0.416 e. The zero-order valence-corrected chi connectivity index (χ0v) is 16.3. The summed E-state index contributed by atoms with van der Waals surface area (Å²) in [6.45, 7) is 5.02. The van der Waals surface area contributed by atoms with Crippen LogP contribution in [0.2, 0.25) is 0 Å². The maximum atomic E-state index is 13.0. The predicted octanol–water partition coefficient (Wildman–Crippen LogP) is 2.81. The number of aromatic nitrogens is 4. The summed E-state index contributed by atoms with van der Waals surface area (Å²) >= 11 is 0. The maximum absolute atomic E-state index is 13.0. The summed E-state index contributed by atoms with van der Waals surface area (Å²) < 4.78 is 40.7. The lowest BCUT2D eigenvalue weighted by atomic mass is 10.0. The summed E-state index contributed by atoms with van der Waals surface area (Å²) in [5, 5.41) is 10.3. The van der Waals surface area contributed by atoms with Gasteiger partial charge in [-0.3, -0.25) is 0 Å². The van der Waals surface area contributed by atoms with Crippen LogP contribution in [0.5, 0.6) is 5.75 Å². The second-order valence-corrected chi connectivity index (χ2v) is 7.35. The first-order chi connectivity index (χ1) is 13.6. The number of benzene rings is 1. The van der Waals surface area contributed by atoms with Gasteiger partial charge in [-0.05, 0) is 31.7 Å². The molecular weight excluding hydrogens is 385 g/mol. The fraction of sp³-hybridized carbons (Fsp3) is 0.421. The number of phenolic OH excluding ortho intramolecular Hbond substituents is 1. The normalized spacial score (nSPS) is 16.0. The van der Waals surface area contributed by atoms with E-state index in [-0.39, 0.29) is 11.1 Å². The second-order valence-electron chi connectivity index (χ2n) is 7.35. The number of anilines is 1. The van der Waals surface area contributed by atoms with Crippen molar-refractivity contribution in [2.24, 2.45) is 7.05 Å². The summed E-state index contributed by atoms with van der Waals surface area (Å²) in [7, 11) is 3.77. The van der Waals surface area contributed by atoms with Crippen molar-refractivity contribution in [2.75, 3.05) is 38.1 Å². The highest BCUT2D eigenvalue weighted by atomic mass is 19.4. The topological polar surface area (TPSA) is 70.3 Å². The fourth-order valence-electron chi connectivity index (χ4n) is 3.59. The molecule has 154 valence electrons. The van der Waals surface area contributed by atoms with Crippen molar-refractivity contribution in [3.63, 3.8) is 0 Å². The van der Waals surface area contributed by atoms with Crippen molar-refractivity contribution >= 4 is 17.1 Å². The molecule has 1 N–H and O–H groups in total. The molecule has 1 aliphatic heterocycles. The molecule has 0 unspecified atom stereocenters. The number of hydrogen-bond donors (Lipinski definition) is 1. The Bertz CT molecular complexity index is 1050. The predicted molar refractivity (Wildman–Crippen MR) is 103 cm³/mol. The number of imidazole rings is 1. The minimum absolute atomic E-state index is 0.237. The summed E-state index contributed by atoms with van der Waals surface area (Å²) in [5.74, 6) is 0.554. The second kappa shape index (κ2) is 6.87. The number of likely N-dealkylation sites (N-methyl/N-ethyl adjacent to an activating group) is 1. The number of aryl methyl sites for hydroxylation is 2. The van der Waals surface area contributed by atoms with Crippen molar-refractivity contribution in [1.82, 2.24) is 24.4 Å². The Kier molecular flexibility index (Phi) is 4.60. The summed E-state index contributed by atoms with van der Waals surface area (Å²) in [6, 6.07) is 1.73. The van der Waals surface area contributed by atoms with Crippen molar-refractivity contribution in [3.05, 3.63) is 29.5 Å². The number of phenols is 1. The third-order valence-electron chi connectivity index (χ3n) is 5.26. The first kappa shape index (κ1) is 19.4. The van der Waals surface area contributed by atoms with Gasteiger partial charge >= 0.3 is 6.18 Å². The molecule has 3 heterocycles. The van der Waals surface area contributed by atoms with Gasteiger partial charge in [0.1, 0.15) is 17.4 Å². The standard InChI is InChI=1S/C19H21F3N6O/c1-11-8-12(19(20,21)22)9-13(29)15(11)17-25-16-18(27(17)3)23-10-14(24-16)28-6-4-26(2)5-7-28/h8-10,29H,4-7H2,1-3H3. The SMILES string of the molecule is Cc1cc(C(F)(F)F)cc(O)c1-c1nc2nc(N3CCN(C)CC3)cnc2n1C. The Labute approximate surface area is 165 Å². The number of hydrogen-bond acceptors (Lipinski definition) is 6. The van der Waals surface area contributed by atoms with E-state index in [1.54, 1.807) is 17.8 Å². The van der Waals surface area contributed by atoms with Crippen LogP contribution in [-0.2, 0) is 13.2 Å². The Balaban J connectivity index is 1.76. The molecule has 1 aliphatic rings. The lowest BCUT2D eigenvalue weighted by molar-refractivity contribution is -0.137. The Morgan fingerprint density at radius 2 is 1.72 bits per heavy atom. The summed E-state index contributed by atoms with van der Waals surface area (Å²) in [5.41, 5.74) is 0.495. The molecule has 2 aromatic heterocycles. The van der Waals surface area contributed by atoms with Gasteiger partial charge < -0.3 is 19.5 Å². The van der Waals surface area contributed by atoms with E-state index >= 15 is 0 Å². The van der Waals surface area contributed by atoms with Crippen molar-refractivity contribution in [3.8, 4) is 17.1 Å². The number of rotatable bonds is 2. The lowest BCUT2D eigenvalue weighted by Crippen LogP contribution is -2.44. The van der Waals surface area contributed by atoms with Crippen LogP contribution in [0.4, 0.5) is 19.0 Å². The number of halogens is 3. The Morgan fingerprint density at radius 3 is 2.34 bits per heavy atom. The highest BCUT2D eigenvalue weighted by Gasteiger charge is 2.32. The average molecular weight is 406 g/mol. The van der Waals surface area contributed by atoms with Crippen LogP contribution in [0.3, 0.4) is 0 Å².